The minimum Gasteiger partial charge on any atom is -0.349 e. The highest BCUT2D eigenvalue weighted by Crippen LogP contribution is 2.10. The molecule has 0 aliphatic rings. The van der Waals surface area contributed by atoms with Crippen molar-refractivity contribution < 1.29 is 4.79 Å². The number of nitrogen functional groups attached to an aromatic ring is 1. The number of nitrogens with two attached hydrogens (primary N) is 1. The first-order valence-electron chi connectivity index (χ1n) is 5.91. The topological polar surface area (TPSA) is 83.3 Å². The molecular formula is C12H21N5O. The number of amides is 1. The predicted molar refractivity (Wildman–Crippen MR) is 72.1 cm³/mol. The molecular weight excluding hydrogens is 230 g/mol. The van der Waals surface area contributed by atoms with Gasteiger partial charge in [-0.25, -0.2) is 10.8 Å². The molecule has 1 aromatic rings. The maximum absolute atomic E-state index is 12.0. The van der Waals surface area contributed by atoms with Gasteiger partial charge in [0.2, 0.25) is 0 Å². The summed E-state index contributed by atoms with van der Waals surface area (Å²) >= 11 is 0. The van der Waals surface area contributed by atoms with Crippen molar-refractivity contribution in [3.63, 3.8) is 0 Å². The first-order chi connectivity index (χ1) is 8.54. The molecule has 1 heterocycles. The molecule has 0 radical (unpaired) electrons. The molecule has 1 unspecified atom stereocenters. The Labute approximate surface area is 108 Å². The van der Waals surface area contributed by atoms with Gasteiger partial charge < -0.3 is 15.6 Å². The average Bonchev–Trinajstić information content (AvgIpc) is 2.36. The Kier molecular flexibility index (Phi) is 5.54. The molecule has 4 N–H and O–H groups in total. The van der Waals surface area contributed by atoms with Gasteiger partial charge in [0.15, 0.2) is 5.82 Å². The summed E-state index contributed by atoms with van der Waals surface area (Å²) in [5.41, 5.74) is 2.88. The van der Waals surface area contributed by atoms with Crippen LogP contribution in [-0.2, 0) is 0 Å². The summed E-state index contributed by atoms with van der Waals surface area (Å²) in [5.74, 6) is 5.54. The lowest BCUT2D eigenvalue weighted by Gasteiger charge is -2.17. The number of hydrogen-bond donors (Lipinski definition) is 3. The largest absolute Gasteiger partial charge is 0.349 e. The summed E-state index contributed by atoms with van der Waals surface area (Å²) in [4.78, 5) is 18.1. The van der Waals surface area contributed by atoms with Crippen LogP contribution in [-0.4, -0.2) is 42.5 Å². The molecule has 6 nitrogen and oxygen atoms in total. The molecule has 0 aromatic carbocycles. The van der Waals surface area contributed by atoms with Gasteiger partial charge in [0.1, 0.15) is 0 Å². The summed E-state index contributed by atoms with van der Waals surface area (Å²) in [7, 11) is 4.01. The molecule has 1 rings (SSSR count). The lowest BCUT2D eigenvalue weighted by atomic mass is 10.2. The van der Waals surface area contributed by atoms with Gasteiger partial charge in [0, 0.05) is 12.2 Å². The lowest BCUT2D eigenvalue weighted by Crippen LogP contribution is -2.35. The van der Waals surface area contributed by atoms with Crippen molar-refractivity contribution in [3.8, 4) is 0 Å². The summed E-state index contributed by atoms with van der Waals surface area (Å²) < 4.78 is 0. The van der Waals surface area contributed by atoms with E-state index in [-0.39, 0.29) is 11.9 Å². The summed E-state index contributed by atoms with van der Waals surface area (Å²) in [6, 6.07) is 3.50. The molecule has 1 amide bonds. The number of rotatable bonds is 6. The zero-order chi connectivity index (χ0) is 13.5. The molecule has 0 fully saturated rings. The fourth-order valence-electron chi connectivity index (χ4n) is 1.53. The first kappa shape index (κ1) is 14.4. The molecule has 1 atom stereocenters. The summed E-state index contributed by atoms with van der Waals surface area (Å²) in [5, 5.41) is 2.93. The number of hydrogen-bond acceptors (Lipinski definition) is 5. The Hall–Kier alpha value is -1.66. The van der Waals surface area contributed by atoms with Crippen LogP contribution >= 0.6 is 0 Å². The van der Waals surface area contributed by atoms with Crippen molar-refractivity contribution in [1.82, 2.24) is 15.2 Å². The number of nitrogens with zero attached hydrogens (tertiary/aromatic N) is 2. The summed E-state index contributed by atoms with van der Waals surface area (Å²) in [6.45, 7) is 2.91. The monoisotopic (exact) mass is 251 g/mol. The van der Waals surface area contributed by atoms with Gasteiger partial charge in [-0.1, -0.05) is 0 Å². The number of carbonyl (C=O) groups is 1. The molecule has 0 spiro atoms. The molecule has 0 aliphatic heterocycles. The van der Waals surface area contributed by atoms with E-state index in [2.05, 4.69) is 20.6 Å². The van der Waals surface area contributed by atoms with E-state index in [9.17, 15) is 4.79 Å². The van der Waals surface area contributed by atoms with E-state index in [1.165, 1.54) is 0 Å². The molecule has 100 valence electrons. The minimum absolute atomic E-state index is 0.103. The smallest absolute Gasteiger partial charge is 0.255 e. The molecule has 18 heavy (non-hydrogen) atoms. The van der Waals surface area contributed by atoms with Crippen molar-refractivity contribution >= 4 is 11.7 Å². The Morgan fingerprint density at radius 2 is 2.28 bits per heavy atom. The van der Waals surface area contributed by atoms with Gasteiger partial charge in [-0.05, 0) is 46.1 Å². The molecule has 6 heteroatoms. The number of aromatic nitrogens is 1. The number of pyridine rings is 1. The van der Waals surface area contributed by atoms with E-state index in [0.717, 1.165) is 13.0 Å². The number of hydrazine groups is 1. The number of nitrogens with one attached hydrogen (secondary N) is 2. The van der Waals surface area contributed by atoms with Gasteiger partial charge in [-0.15, -0.1) is 0 Å². The maximum atomic E-state index is 12.0. The zero-order valence-corrected chi connectivity index (χ0v) is 11.1. The third kappa shape index (κ3) is 4.31. The Balaban J connectivity index is 2.59. The van der Waals surface area contributed by atoms with Crippen molar-refractivity contribution in [1.29, 1.82) is 0 Å². The Bertz CT molecular complexity index is 394. The summed E-state index contributed by atoms with van der Waals surface area (Å²) in [6.07, 6.45) is 2.48. The highest BCUT2D eigenvalue weighted by atomic mass is 16.1. The maximum Gasteiger partial charge on any atom is 0.255 e. The standard InChI is InChI=1S/C12H21N5O/c1-9(6-8-17(2)3)15-12(18)10-5-4-7-14-11(10)16-13/h4-5,7,9H,6,8,13H2,1-3H3,(H,14,16)(H,15,18). The van der Waals surface area contributed by atoms with E-state index in [4.69, 9.17) is 5.84 Å². The third-order valence-electron chi connectivity index (χ3n) is 2.58. The van der Waals surface area contributed by atoms with Crippen molar-refractivity contribution in [2.24, 2.45) is 5.84 Å². The third-order valence-corrected chi connectivity index (χ3v) is 2.58. The van der Waals surface area contributed by atoms with Crippen LogP contribution in [0.4, 0.5) is 5.82 Å². The first-order valence-corrected chi connectivity index (χ1v) is 5.91. The molecule has 1 aromatic heterocycles. The second-order valence-corrected chi connectivity index (χ2v) is 4.51. The van der Waals surface area contributed by atoms with Gasteiger partial charge in [-0.2, -0.15) is 0 Å². The second-order valence-electron chi connectivity index (χ2n) is 4.51. The van der Waals surface area contributed by atoms with Crippen LogP contribution in [0, 0.1) is 0 Å². The zero-order valence-electron chi connectivity index (χ0n) is 11.1. The Morgan fingerprint density at radius 3 is 2.89 bits per heavy atom. The van der Waals surface area contributed by atoms with Crippen LogP contribution in [0.2, 0.25) is 0 Å². The fraction of sp³-hybridized carbons (Fsp3) is 0.500. The minimum atomic E-state index is -0.165. The SMILES string of the molecule is CC(CCN(C)C)NC(=O)c1cccnc1NN. The van der Waals surface area contributed by atoms with Gasteiger partial charge in [0.25, 0.3) is 5.91 Å². The van der Waals surface area contributed by atoms with Gasteiger partial charge in [0.05, 0.1) is 5.56 Å². The van der Waals surface area contributed by atoms with Crippen molar-refractivity contribution in [2.45, 2.75) is 19.4 Å². The van der Waals surface area contributed by atoms with Crippen LogP contribution in [0.5, 0.6) is 0 Å². The molecule has 0 saturated carbocycles. The molecule has 0 bridgehead atoms. The highest BCUT2D eigenvalue weighted by Gasteiger charge is 2.13. The van der Waals surface area contributed by atoms with Crippen LogP contribution in [0.25, 0.3) is 0 Å². The Morgan fingerprint density at radius 1 is 1.56 bits per heavy atom. The van der Waals surface area contributed by atoms with Gasteiger partial charge in [-0.3, -0.25) is 4.79 Å². The number of anilines is 1. The van der Waals surface area contributed by atoms with E-state index in [0.29, 0.717) is 11.4 Å². The van der Waals surface area contributed by atoms with Crippen LogP contribution in [0.1, 0.15) is 23.7 Å². The highest BCUT2D eigenvalue weighted by molar-refractivity contribution is 5.98. The van der Waals surface area contributed by atoms with E-state index in [1.807, 2.05) is 21.0 Å². The van der Waals surface area contributed by atoms with E-state index >= 15 is 0 Å². The average molecular weight is 251 g/mol. The van der Waals surface area contributed by atoms with E-state index < -0.39 is 0 Å². The van der Waals surface area contributed by atoms with Crippen LogP contribution in [0.3, 0.4) is 0 Å². The normalized spacial score (nSPS) is 12.3. The molecule has 0 saturated heterocycles. The fourth-order valence-corrected chi connectivity index (χ4v) is 1.53. The second kappa shape index (κ2) is 6.93. The van der Waals surface area contributed by atoms with Crippen molar-refractivity contribution in [3.05, 3.63) is 23.9 Å². The predicted octanol–water partition coefficient (Wildman–Crippen LogP) is 0.437. The van der Waals surface area contributed by atoms with Crippen LogP contribution < -0.4 is 16.6 Å². The molecule has 0 aliphatic carbocycles. The van der Waals surface area contributed by atoms with Crippen molar-refractivity contribution in [2.75, 3.05) is 26.1 Å². The van der Waals surface area contributed by atoms with Crippen LogP contribution in [0.15, 0.2) is 18.3 Å². The number of carbonyl (C=O) groups excluding carboxylic acids is 1. The quantitative estimate of drug-likeness (QED) is 0.504. The lowest BCUT2D eigenvalue weighted by molar-refractivity contribution is 0.0937. The van der Waals surface area contributed by atoms with Gasteiger partial charge >= 0.3 is 0 Å². The van der Waals surface area contributed by atoms with E-state index in [1.54, 1.807) is 18.3 Å².